The lowest BCUT2D eigenvalue weighted by molar-refractivity contribution is 0.0664. The summed E-state index contributed by atoms with van der Waals surface area (Å²) < 4.78 is 0. The van der Waals surface area contributed by atoms with E-state index in [4.69, 9.17) is 0 Å². The molecular formula is C17H20N4O. The molecule has 0 unspecified atom stereocenters. The second-order valence-electron chi connectivity index (χ2n) is 5.78. The van der Waals surface area contributed by atoms with E-state index in [2.05, 4.69) is 21.9 Å². The Hall–Kier alpha value is -2.27. The van der Waals surface area contributed by atoms with Gasteiger partial charge in [-0.1, -0.05) is 0 Å². The van der Waals surface area contributed by atoms with Gasteiger partial charge in [-0.05, 0) is 37.7 Å². The molecule has 0 radical (unpaired) electrons. The van der Waals surface area contributed by atoms with Gasteiger partial charge >= 0.3 is 0 Å². The van der Waals surface area contributed by atoms with Crippen LogP contribution in [0.5, 0.6) is 0 Å². The van der Waals surface area contributed by atoms with Gasteiger partial charge in [0.2, 0.25) is 0 Å². The molecule has 5 heteroatoms. The SMILES string of the molecule is Cc1cncc(-c2cc(C(=O)N3CCN(C)CC3)ccn2)c1. The number of amides is 1. The third-order valence-corrected chi connectivity index (χ3v) is 3.97. The quantitative estimate of drug-likeness (QED) is 0.848. The van der Waals surface area contributed by atoms with Crippen molar-refractivity contribution in [3.05, 3.63) is 47.9 Å². The number of hydrogen-bond acceptors (Lipinski definition) is 4. The van der Waals surface area contributed by atoms with Crippen molar-refractivity contribution in [2.24, 2.45) is 0 Å². The number of pyridine rings is 2. The largest absolute Gasteiger partial charge is 0.336 e. The van der Waals surface area contributed by atoms with Gasteiger partial charge in [0.1, 0.15) is 0 Å². The predicted molar refractivity (Wildman–Crippen MR) is 85.6 cm³/mol. The Morgan fingerprint density at radius 3 is 2.64 bits per heavy atom. The fraction of sp³-hybridized carbons (Fsp3) is 0.353. The molecule has 0 atom stereocenters. The van der Waals surface area contributed by atoms with Gasteiger partial charge in [-0.15, -0.1) is 0 Å². The highest BCUT2D eigenvalue weighted by atomic mass is 16.2. The highest BCUT2D eigenvalue weighted by Gasteiger charge is 2.20. The first-order valence-electron chi connectivity index (χ1n) is 7.49. The zero-order valence-corrected chi connectivity index (χ0v) is 13.0. The summed E-state index contributed by atoms with van der Waals surface area (Å²) in [5.74, 6) is 0.0809. The summed E-state index contributed by atoms with van der Waals surface area (Å²) in [6.45, 7) is 5.39. The van der Waals surface area contributed by atoms with Crippen LogP contribution in [0, 0.1) is 6.92 Å². The molecule has 0 bridgehead atoms. The van der Waals surface area contributed by atoms with Gasteiger partial charge in [0.15, 0.2) is 0 Å². The molecule has 1 fully saturated rings. The Labute approximate surface area is 130 Å². The molecule has 5 nitrogen and oxygen atoms in total. The highest BCUT2D eigenvalue weighted by molar-refractivity contribution is 5.95. The molecule has 3 heterocycles. The van der Waals surface area contributed by atoms with E-state index < -0.39 is 0 Å². The summed E-state index contributed by atoms with van der Waals surface area (Å²) in [6.07, 6.45) is 5.28. The monoisotopic (exact) mass is 296 g/mol. The smallest absolute Gasteiger partial charge is 0.254 e. The molecule has 22 heavy (non-hydrogen) atoms. The predicted octanol–water partition coefficient (Wildman–Crippen LogP) is 1.84. The van der Waals surface area contributed by atoms with E-state index in [1.807, 2.05) is 30.2 Å². The highest BCUT2D eigenvalue weighted by Crippen LogP contribution is 2.19. The Bertz CT molecular complexity index is 678. The molecule has 0 N–H and O–H groups in total. The van der Waals surface area contributed by atoms with Crippen molar-refractivity contribution in [2.45, 2.75) is 6.92 Å². The summed E-state index contributed by atoms with van der Waals surface area (Å²) in [5.41, 5.74) is 3.50. The molecule has 3 rings (SSSR count). The maximum atomic E-state index is 12.6. The number of nitrogens with zero attached hydrogens (tertiary/aromatic N) is 4. The van der Waals surface area contributed by atoms with Crippen molar-refractivity contribution in [3.63, 3.8) is 0 Å². The van der Waals surface area contributed by atoms with Crippen molar-refractivity contribution in [2.75, 3.05) is 33.2 Å². The average molecular weight is 296 g/mol. The lowest BCUT2D eigenvalue weighted by Gasteiger charge is -2.32. The number of aryl methyl sites for hydroxylation is 1. The number of rotatable bonds is 2. The van der Waals surface area contributed by atoms with Crippen LogP contribution in [0.3, 0.4) is 0 Å². The average Bonchev–Trinajstić information content (AvgIpc) is 2.55. The van der Waals surface area contributed by atoms with Crippen LogP contribution in [-0.2, 0) is 0 Å². The van der Waals surface area contributed by atoms with Crippen LogP contribution in [0.25, 0.3) is 11.3 Å². The number of likely N-dealkylation sites (N-methyl/N-ethyl adjacent to an activating group) is 1. The molecule has 2 aromatic rings. The first-order chi connectivity index (χ1) is 10.6. The van der Waals surface area contributed by atoms with Crippen LogP contribution < -0.4 is 0 Å². The second kappa shape index (κ2) is 6.23. The van der Waals surface area contributed by atoms with E-state index in [9.17, 15) is 4.79 Å². The van der Waals surface area contributed by atoms with E-state index >= 15 is 0 Å². The van der Waals surface area contributed by atoms with Crippen molar-refractivity contribution in [1.29, 1.82) is 0 Å². The minimum absolute atomic E-state index is 0.0809. The van der Waals surface area contributed by atoms with Gasteiger partial charge < -0.3 is 9.80 Å². The Morgan fingerprint density at radius 1 is 1.14 bits per heavy atom. The third kappa shape index (κ3) is 3.14. The fourth-order valence-electron chi connectivity index (χ4n) is 2.61. The summed E-state index contributed by atoms with van der Waals surface area (Å²) in [7, 11) is 2.08. The third-order valence-electron chi connectivity index (χ3n) is 3.97. The lowest BCUT2D eigenvalue weighted by Crippen LogP contribution is -2.47. The van der Waals surface area contributed by atoms with E-state index in [0.29, 0.717) is 5.56 Å². The zero-order chi connectivity index (χ0) is 15.5. The molecule has 0 spiro atoms. The Kier molecular flexibility index (Phi) is 4.15. The van der Waals surface area contributed by atoms with Crippen LogP contribution >= 0.6 is 0 Å². The van der Waals surface area contributed by atoms with Crippen LogP contribution in [0.1, 0.15) is 15.9 Å². The molecule has 0 aliphatic carbocycles. The maximum Gasteiger partial charge on any atom is 0.254 e. The number of aromatic nitrogens is 2. The summed E-state index contributed by atoms with van der Waals surface area (Å²) in [5, 5.41) is 0. The molecule has 2 aromatic heterocycles. The fourth-order valence-corrected chi connectivity index (χ4v) is 2.61. The molecule has 1 aliphatic rings. The van der Waals surface area contributed by atoms with Crippen molar-refractivity contribution in [1.82, 2.24) is 19.8 Å². The van der Waals surface area contributed by atoms with Gasteiger partial charge in [0.25, 0.3) is 5.91 Å². The van der Waals surface area contributed by atoms with Crippen LogP contribution in [0.4, 0.5) is 0 Å². The van der Waals surface area contributed by atoms with Gasteiger partial charge in [0, 0.05) is 55.9 Å². The first-order valence-corrected chi connectivity index (χ1v) is 7.49. The van der Waals surface area contributed by atoms with Gasteiger partial charge in [0.05, 0.1) is 5.69 Å². The lowest BCUT2D eigenvalue weighted by atomic mass is 10.1. The van der Waals surface area contributed by atoms with Crippen molar-refractivity contribution >= 4 is 5.91 Å². The molecule has 1 amide bonds. The molecule has 1 aliphatic heterocycles. The minimum atomic E-state index is 0.0809. The molecule has 1 saturated heterocycles. The Morgan fingerprint density at radius 2 is 1.91 bits per heavy atom. The van der Waals surface area contributed by atoms with Gasteiger partial charge in [-0.25, -0.2) is 0 Å². The maximum absolute atomic E-state index is 12.6. The van der Waals surface area contributed by atoms with Crippen LogP contribution in [0.15, 0.2) is 36.8 Å². The van der Waals surface area contributed by atoms with E-state index in [-0.39, 0.29) is 5.91 Å². The Balaban J connectivity index is 1.83. The van der Waals surface area contributed by atoms with Crippen LogP contribution in [-0.4, -0.2) is 58.9 Å². The van der Waals surface area contributed by atoms with E-state index in [0.717, 1.165) is 43.0 Å². The van der Waals surface area contributed by atoms with E-state index in [1.165, 1.54) is 0 Å². The summed E-state index contributed by atoms with van der Waals surface area (Å²) in [6, 6.07) is 5.67. The number of carbonyl (C=O) groups is 1. The topological polar surface area (TPSA) is 49.3 Å². The van der Waals surface area contributed by atoms with Gasteiger partial charge in [-0.2, -0.15) is 0 Å². The number of piperazine rings is 1. The van der Waals surface area contributed by atoms with Crippen molar-refractivity contribution in [3.8, 4) is 11.3 Å². The summed E-state index contributed by atoms with van der Waals surface area (Å²) in [4.78, 5) is 25.3. The van der Waals surface area contributed by atoms with Crippen molar-refractivity contribution < 1.29 is 4.79 Å². The number of hydrogen-bond donors (Lipinski definition) is 0. The number of carbonyl (C=O) groups excluding carboxylic acids is 1. The molecule has 114 valence electrons. The molecular weight excluding hydrogens is 276 g/mol. The second-order valence-corrected chi connectivity index (χ2v) is 5.78. The normalized spacial score (nSPS) is 15.8. The molecule has 0 saturated carbocycles. The zero-order valence-electron chi connectivity index (χ0n) is 13.0. The van der Waals surface area contributed by atoms with Gasteiger partial charge in [-0.3, -0.25) is 14.8 Å². The van der Waals surface area contributed by atoms with Crippen LogP contribution in [0.2, 0.25) is 0 Å². The first kappa shape index (κ1) is 14.7. The molecule has 0 aromatic carbocycles. The standard InChI is InChI=1S/C17H20N4O/c1-13-9-15(12-18-11-13)16-10-14(3-4-19-16)17(22)21-7-5-20(2)6-8-21/h3-4,9-12H,5-8H2,1-2H3. The summed E-state index contributed by atoms with van der Waals surface area (Å²) >= 11 is 0. The minimum Gasteiger partial charge on any atom is -0.336 e. The van der Waals surface area contributed by atoms with E-state index in [1.54, 1.807) is 18.5 Å².